The van der Waals surface area contributed by atoms with Gasteiger partial charge in [0.05, 0.1) is 23.6 Å². The van der Waals surface area contributed by atoms with Crippen molar-refractivity contribution in [2.45, 2.75) is 12.8 Å². The lowest BCUT2D eigenvalue weighted by molar-refractivity contribution is 0.0697. The van der Waals surface area contributed by atoms with Crippen LogP contribution in [0.15, 0.2) is 52.0 Å². The number of carboxylic acids is 1. The van der Waals surface area contributed by atoms with Crippen molar-refractivity contribution in [2.24, 2.45) is 5.10 Å². The number of hydrazone groups is 1. The van der Waals surface area contributed by atoms with Crippen LogP contribution in [-0.2, 0) is 0 Å². The quantitative estimate of drug-likeness (QED) is 0.792. The summed E-state index contributed by atoms with van der Waals surface area (Å²) in [7, 11) is 0. The first-order valence-corrected chi connectivity index (χ1v) is 8.01. The number of carboxylic acid groups (broad SMARTS) is 1. The molecule has 0 amide bonds. The molecule has 0 bridgehead atoms. The Morgan fingerprint density at radius 3 is 2.74 bits per heavy atom. The number of hydrogen-bond acceptors (Lipinski definition) is 4. The van der Waals surface area contributed by atoms with Crippen molar-refractivity contribution in [3.05, 3.63) is 58.1 Å². The third kappa shape index (κ3) is 3.71. The van der Waals surface area contributed by atoms with E-state index in [1.54, 1.807) is 24.3 Å². The van der Waals surface area contributed by atoms with Gasteiger partial charge in [-0.25, -0.2) is 4.79 Å². The Hall–Kier alpha value is -2.34. The average Bonchev–Trinajstić information content (AvgIpc) is 2.75. The van der Waals surface area contributed by atoms with Crippen molar-refractivity contribution in [2.75, 3.05) is 12.0 Å². The Labute approximate surface area is 142 Å². The van der Waals surface area contributed by atoms with Crippen LogP contribution in [0.3, 0.4) is 0 Å². The topological polar surface area (TPSA) is 70.9 Å². The molecule has 2 aromatic rings. The molecule has 0 saturated carbocycles. The average molecular weight is 375 g/mol. The highest BCUT2D eigenvalue weighted by Crippen LogP contribution is 2.28. The van der Waals surface area contributed by atoms with E-state index in [0.717, 1.165) is 40.0 Å². The van der Waals surface area contributed by atoms with Crippen molar-refractivity contribution < 1.29 is 14.6 Å². The largest absolute Gasteiger partial charge is 0.493 e. The van der Waals surface area contributed by atoms with Crippen LogP contribution < -0.4 is 10.2 Å². The number of aromatic carboxylic acids is 1. The molecule has 0 aliphatic carbocycles. The Balaban J connectivity index is 1.83. The number of benzene rings is 2. The molecule has 6 heteroatoms. The Morgan fingerprint density at radius 2 is 2.00 bits per heavy atom. The first kappa shape index (κ1) is 15.6. The number of halogens is 1. The number of nitrogens with one attached hydrogen (secondary N) is 1. The Kier molecular flexibility index (Phi) is 4.62. The molecule has 2 aromatic carbocycles. The summed E-state index contributed by atoms with van der Waals surface area (Å²) in [6.45, 7) is 0.662. The molecule has 0 aromatic heterocycles. The highest BCUT2D eigenvalue weighted by molar-refractivity contribution is 9.10. The van der Waals surface area contributed by atoms with Crippen LogP contribution in [0, 0.1) is 0 Å². The van der Waals surface area contributed by atoms with Gasteiger partial charge in [0.2, 0.25) is 0 Å². The minimum absolute atomic E-state index is 0.251. The molecule has 1 aliphatic heterocycles. The molecular weight excluding hydrogens is 360 g/mol. The van der Waals surface area contributed by atoms with Crippen LogP contribution in [0.1, 0.15) is 28.8 Å². The molecule has 1 heterocycles. The van der Waals surface area contributed by atoms with Gasteiger partial charge in [-0.05, 0) is 55.3 Å². The van der Waals surface area contributed by atoms with Crippen LogP contribution in [-0.4, -0.2) is 23.4 Å². The van der Waals surface area contributed by atoms with E-state index >= 15 is 0 Å². The van der Waals surface area contributed by atoms with Crippen LogP contribution in [0.4, 0.5) is 5.69 Å². The maximum Gasteiger partial charge on any atom is 0.335 e. The molecule has 0 fully saturated rings. The lowest BCUT2D eigenvalue weighted by Crippen LogP contribution is -2.04. The van der Waals surface area contributed by atoms with E-state index in [2.05, 4.69) is 26.5 Å². The lowest BCUT2D eigenvalue weighted by Gasteiger charge is -2.09. The van der Waals surface area contributed by atoms with Crippen LogP contribution >= 0.6 is 15.9 Å². The third-order valence-electron chi connectivity index (χ3n) is 3.52. The minimum Gasteiger partial charge on any atom is -0.493 e. The van der Waals surface area contributed by atoms with Crippen LogP contribution in [0.2, 0.25) is 0 Å². The zero-order chi connectivity index (χ0) is 16.2. The van der Waals surface area contributed by atoms with E-state index in [9.17, 15) is 4.79 Å². The monoisotopic (exact) mass is 374 g/mol. The van der Waals surface area contributed by atoms with E-state index in [0.29, 0.717) is 6.61 Å². The predicted octanol–water partition coefficient (Wildman–Crippen LogP) is 4.14. The minimum atomic E-state index is -0.941. The van der Waals surface area contributed by atoms with Gasteiger partial charge in [-0.15, -0.1) is 0 Å². The van der Waals surface area contributed by atoms with Gasteiger partial charge in [-0.2, -0.15) is 5.10 Å². The second-order valence-electron chi connectivity index (χ2n) is 5.15. The SMILES string of the molecule is O=C(O)c1ccc(N/N=C2/CCCOc3cc(Br)ccc32)cc1. The Morgan fingerprint density at radius 1 is 1.22 bits per heavy atom. The van der Waals surface area contributed by atoms with Crippen molar-refractivity contribution in [1.82, 2.24) is 0 Å². The summed E-state index contributed by atoms with van der Waals surface area (Å²) in [5.41, 5.74) is 5.88. The maximum absolute atomic E-state index is 10.9. The lowest BCUT2D eigenvalue weighted by atomic mass is 10.1. The first-order valence-electron chi connectivity index (χ1n) is 7.22. The molecule has 0 unspecified atom stereocenters. The smallest absolute Gasteiger partial charge is 0.335 e. The van der Waals surface area contributed by atoms with E-state index in [-0.39, 0.29) is 5.56 Å². The number of rotatable bonds is 3. The summed E-state index contributed by atoms with van der Waals surface area (Å²) in [6, 6.07) is 12.4. The van der Waals surface area contributed by atoms with Gasteiger partial charge in [-0.1, -0.05) is 15.9 Å². The molecule has 2 N–H and O–H groups in total. The number of fused-ring (bicyclic) bond motifs is 1. The normalized spacial score (nSPS) is 15.4. The number of nitrogens with zero attached hydrogens (tertiary/aromatic N) is 1. The number of hydrogen-bond donors (Lipinski definition) is 2. The van der Waals surface area contributed by atoms with Gasteiger partial charge >= 0.3 is 5.97 Å². The second-order valence-corrected chi connectivity index (χ2v) is 6.06. The summed E-state index contributed by atoms with van der Waals surface area (Å²) >= 11 is 3.45. The highest BCUT2D eigenvalue weighted by atomic mass is 79.9. The molecule has 118 valence electrons. The van der Waals surface area contributed by atoms with E-state index in [4.69, 9.17) is 9.84 Å². The van der Waals surface area contributed by atoms with Gasteiger partial charge in [0.1, 0.15) is 5.75 Å². The number of anilines is 1. The van der Waals surface area contributed by atoms with Gasteiger partial charge in [0.15, 0.2) is 0 Å². The zero-order valence-electron chi connectivity index (χ0n) is 12.3. The summed E-state index contributed by atoms with van der Waals surface area (Å²) in [5, 5.41) is 13.4. The van der Waals surface area contributed by atoms with Crippen molar-refractivity contribution in [3.8, 4) is 5.75 Å². The molecule has 0 spiro atoms. The van der Waals surface area contributed by atoms with Gasteiger partial charge in [-0.3, -0.25) is 5.43 Å². The van der Waals surface area contributed by atoms with Crippen molar-refractivity contribution >= 4 is 33.3 Å². The highest BCUT2D eigenvalue weighted by Gasteiger charge is 2.15. The van der Waals surface area contributed by atoms with Gasteiger partial charge in [0, 0.05) is 10.0 Å². The fraction of sp³-hybridized carbons (Fsp3) is 0.176. The van der Waals surface area contributed by atoms with E-state index in [1.165, 1.54) is 0 Å². The predicted molar refractivity (Wildman–Crippen MR) is 92.4 cm³/mol. The molecule has 1 aliphatic rings. The molecule has 5 nitrogen and oxygen atoms in total. The standard InChI is InChI=1S/C17H15BrN2O3/c18-12-5-8-14-15(2-1-9-23-16(14)10-12)20-19-13-6-3-11(4-7-13)17(21)22/h3-8,10,19H,1-2,9H2,(H,21,22)/b20-15-. The summed E-state index contributed by atoms with van der Waals surface area (Å²) in [5.74, 6) is -0.123. The first-order chi connectivity index (χ1) is 11.1. The zero-order valence-corrected chi connectivity index (χ0v) is 13.8. The van der Waals surface area contributed by atoms with Gasteiger partial charge in [0.25, 0.3) is 0 Å². The van der Waals surface area contributed by atoms with E-state index in [1.807, 2.05) is 18.2 Å². The summed E-state index contributed by atoms with van der Waals surface area (Å²) in [6.07, 6.45) is 1.71. The van der Waals surface area contributed by atoms with Crippen LogP contribution in [0.5, 0.6) is 5.75 Å². The number of ether oxygens (including phenoxy) is 1. The molecule has 0 atom stereocenters. The summed E-state index contributed by atoms with van der Waals surface area (Å²) in [4.78, 5) is 10.9. The third-order valence-corrected chi connectivity index (χ3v) is 4.02. The van der Waals surface area contributed by atoms with Crippen molar-refractivity contribution in [3.63, 3.8) is 0 Å². The Bertz CT molecular complexity index is 757. The molecular formula is C17H15BrN2O3. The molecule has 23 heavy (non-hydrogen) atoms. The summed E-state index contributed by atoms with van der Waals surface area (Å²) < 4.78 is 6.72. The molecule has 0 radical (unpaired) electrons. The van der Waals surface area contributed by atoms with Gasteiger partial charge < -0.3 is 9.84 Å². The maximum atomic E-state index is 10.9. The molecule has 3 rings (SSSR count). The molecule has 0 saturated heterocycles. The van der Waals surface area contributed by atoms with Crippen LogP contribution in [0.25, 0.3) is 0 Å². The number of carbonyl (C=O) groups is 1. The van der Waals surface area contributed by atoms with E-state index < -0.39 is 5.97 Å². The second kappa shape index (κ2) is 6.83. The fourth-order valence-corrected chi connectivity index (χ4v) is 2.69. The fourth-order valence-electron chi connectivity index (χ4n) is 2.35. The van der Waals surface area contributed by atoms with Crippen molar-refractivity contribution in [1.29, 1.82) is 0 Å².